The number of carbonyl (C=O) groups excluding carboxylic acids is 2. The van der Waals surface area contributed by atoms with E-state index in [2.05, 4.69) is 17.2 Å². The van der Waals surface area contributed by atoms with E-state index in [1.807, 2.05) is 78.9 Å². The molecule has 1 aliphatic rings. The maximum atomic E-state index is 13.4. The minimum absolute atomic E-state index is 0.164. The van der Waals surface area contributed by atoms with E-state index in [0.717, 1.165) is 22.3 Å². The molecule has 3 aromatic rings. The van der Waals surface area contributed by atoms with E-state index in [-0.39, 0.29) is 25.2 Å². The average Bonchev–Trinajstić information content (AvgIpc) is 3.38. The molecule has 2 unspecified atom stereocenters. The van der Waals surface area contributed by atoms with Crippen LogP contribution in [0.15, 0.2) is 91.5 Å². The van der Waals surface area contributed by atoms with Crippen LogP contribution in [0.3, 0.4) is 0 Å². The molecule has 1 aliphatic carbocycles. The smallest absolute Gasteiger partial charge is 0.410 e. The third-order valence-corrected chi connectivity index (χ3v) is 7.67. The predicted molar refractivity (Wildman–Crippen MR) is 174 cm³/mol. The largest absolute Gasteiger partial charge is 0.497 e. The molecule has 9 heteroatoms. The number of carbonyl (C=O) groups is 2. The number of nitrogens with one attached hydrogen (secondary N) is 2. The summed E-state index contributed by atoms with van der Waals surface area (Å²) in [6.07, 6.45) is 0.690. The van der Waals surface area contributed by atoms with Crippen LogP contribution < -0.4 is 15.4 Å². The van der Waals surface area contributed by atoms with E-state index in [1.54, 1.807) is 38.9 Å². The molecule has 0 bridgehead atoms. The van der Waals surface area contributed by atoms with E-state index >= 15 is 0 Å². The van der Waals surface area contributed by atoms with Crippen molar-refractivity contribution in [3.05, 3.63) is 114 Å². The van der Waals surface area contributed by atoms with Crippen molar-refractivity contribution in [1.82, 2.24) is 15.5 Å². The first kappa shape index (κ1) is 33.6. The number of fused-ring (bicyclic) bond motifs is 1. The fourth-order valence-corrected chi connectivity index (χ4v) is 5.54. The van der Waals surface area contributed by atoms with Crippen LogP contribution in [0, 0.1) is 0 Å². The van der Waals surface area contributed by atoms with E-state index in [0.29, 0.717) is 25.1 Å². The summed E-state index contributed by atoms with van der Waals surface area (Å²) in [5.41, 5.74) is 3.14. The Morgan fingerprint density at radius 3 is 2.31 bits per heavy atom. The van der Waals surface area contributed by atoms with Gasteiger partial charge in [0.15, 0.2) is 0 Å². The Morgan fingerprint density at radius 2 is 1.69 bits per heavy atom. The second-order valence-electron chi connectivity index (χ2n) is 12.2. The number of rotatable bonds is 13. The Labute approximate surface area is 266 Å². The highest BCUT2D eigenvalue weighted by Gasteiger charge is 2.38. The Kier molecular flexibility index (Phi) is 11.6. The van der Waals surface area contributed by atoms with Crippen LogP contribution in [0.4, 0.5) is 9.59 Å². The molecule has 3 aromatic carbocycles. The molecular weight excluding hydrogens is 570 g/mol. The molecule has 45 heavy (non-hydrogen) atoms. The van der Waals surface area contributed by atoms with Gasteiger partial charge in [-0.1, -0.05) is 72.8 Å². The zero-order valence-corrected chi connectivity index (χ0v) is 26.6. The summed E-state index contributed by atoms with van der Waals surface area (Å²) in [5.74, 6) is 0.692. The summed E-state index contributed by atoms with van der Waals surface area (Å²) in [5, 5.41) is 17.8. The van der Waals surface area contributed by atoms with Crippen molar-refractivity contribution in [2.75, 3.05) is 20.2 Å². The number of hydrogen-bond donors (Lipinski definition) is 3. The Bertz CT molecular complexity index is 1410. The number of aliphatic hydroxyl groups is 1. The first-order valence-corrected chi connectivity index (χ1v) is 15.3. The monoisotopic (exact) mass is 615 g/mol. The summed E-state index contributed by atoms with van der Waals surface area (Å²) in [6.45, 7) is 9.91. The van der Waals surface area contributed by atoms with Crippen molar-refractivity contribution < 1.29 is 28.9 Å². The van der Waals surface area contributed by atoms with Gasteiger partial charge in [-0.25, -0.2) is 9.59 Å². The number of aliphatic hydroxyl groups excluding tert-OH is 1. The summed E-state index contributed by atoms with van der Waals surface area (Å²) in [6, 6.07) is 23.9. The normalized spacial score (nSPS) is 17.0. The van der Waals surface area contributed by atoms with Crippen LogP contribution in [-0.2, 0) is 22.5 Å². The zero-order valence-electron chi connectivity index (χ0n) is 26.6. The van der Waals surface area contributed by atoms with Gasteiger partial charge in [0.05, 0.1) is 25.3 Å². The standard InChI is InChI=1S/C36H45N3O6/c1-6-19-39(35(42)44-24-26-15-11-8-12-16-26)32-22-30(29-21-27(43-5)17-18-28(29)32)37-23-33(40)31(20-25-13-9-7-10-14-25)38-34(41)45-36(2,3)4/h6-18,21,30-33,37,40H,1,19-20,22-24H2,2-5H3,(H,38,41)/t30-,31?,32+,33?/m1/s1. The minimum Gasteiger partial charge on any atom is -0.497 e. The molecule has 2 amide bonds. The maximum Gasteiger partial charge on any atom is 0.410 e. The van der Waals surface area contributed by atoms with Crippen LogP contribution in [0.5, 0.6) is 5.75 Å². The van der Waals surface area contributed by atoms with E-state index in [9.17, 15) is 14.7 Å². The molecule has 0 heterocycles. The molecule has 4 atom stereocenters. The molecule has 0 radical (unpaired) electrons. The molecule has 9 nitrogen and oxygen atoms in total. The summed E-state index contributed by atoms with van der Waals surface area (Å²) >= 11 is 0. The van der Waals surface area contributed by atoms with Gasteiger partial charge in [-0.3, -0.25) is 4.90 Å². The highest BCUT2D eigenvalue weighted by molar-refractivity contribution is 5.69. The highest BCUT2D eigenvalue weighted by Crippen LogP contribution is 2.44. The van der Waals surface area contributed by atoms with Gasteiger partial charge in [0.2, 0.25) is 0 Å². The lowest BCUT2D eigenvalue weighted by atomic mass is 10.0. The van der Waals surface area contributed by atoms with Gasteiger partial charge in [0.1, 0.15) is 18.0 Å². The number of nitrogens with zero attached hydrogens (tertiary/aromatic N) is 1. The maximum absolute atomic E-state index is 13.4. The van der Waals surface area contributed by atoms with Gasteiger partial charge in [-0.15, -0.1) is 6.58 Å². The van der Waals surface area contributed by atoms with Crippen molar-refractivity contribution in [3.63, 3.8) is 0 Å². The fourth-order valence-electron chi connectivity index (χ4n) is 5.54. The molecule has 240 valence electrons. The predicted octanol–water partition coefficient (Wildman–Crippen LogP) is 6.09. The topological polar surface area (TPSA) is 109 Å². The van der Waals surface area contributed by atoms with Crippen molar-refractivity contribution in [1.29, 1.82) is 0 Å². The molecule has 0 aliphatic heterocycles. The zero-order chi connectivity index (χ0) is 32.4. The van der Waals surface area contributed by atoms with Crippen molar-refractivity contribution >= 4 is 12.2 Å². The lowest BCUT2D eigenvalue weighted by molar-refractivity contribution is 0.0419. The van der Waals surface area contributed by atoms with Crippen LogP contribution in [0.2, 0.25) is 0 Å². The second-order valence-corrected chi connectivity index (χ2v) is 12.2. The number of benzene rings is 3. The Balaban J connectivity index is 1.50. The lowest BCUT2D eigenvalue weighted by Gasteiger charge is -2.29. The van der Waals surface area contributed by atoms with Gasteiger partial charge in [0, 0.05) is 19.1 Å². The molecule has 3 N–H and O–H groups in total. The number of methoxy groups -OCH3 is 1. The SMILES string of the molecule is C=CCN(C(=O)OCc1ccccc1)[C@H]1C[C@@H](NCC(O)C(Cc2ccccc2)NC(=O)OC(C)(C)C)c2cc(OC)ccc21. The van der Waals surface area contributed by atoms with Crippen LogP contribution in [0.25, 0.3) is 0 Å². The third kappa shape index (κ3) is 9.57. The van der Waals surface area contributed by atoms with Crippen molar-refractivity contribution in [2.45, 2.75) is 70.1 Å². The summed E-state index contributed by atoms with van der Waals surface area (Å²) in [4.78, 5) is 27.8. The number of hydrogen-bond acceptors (Lipinski definition) is 7. The highest BCUT2D eigenvalue weighted by atomic mass is 16.6. The number of amides is 2. The molecule has 0 fully saturated rings. The first-order valence-electron chi connectivity index (χ1n) is 15.3. The van der Waals surface area contributed by atoms with Gasteiger partial charge in [0.25, 0.3) is 0 Å². The van der Waals surface area contributed by atoms with E-state index < -0.39 is 29.9 Å². The lowest BCUT2D eigenvalue weighted by Crippen LogP contribution is -2.50. The number of alkyl carbamates (subject to hydrolysis) is 1. The summed E-state index contributed by atoms with van der Waals surface area (Å²) < 4.78 is 16.7. The first-order chi connectivity index (χ1) is 21.6. The third-order valence-electron chi connectivity index (χ3n) is 7.67. The van der Waals surface area contributed by atoms with Crippen LogP contribution in [-0.4, -0.2) is 60.1 Å². The molecule has 0 saturated heterocycles. The molecular formula is C36H45N3O6. The fraction of sp³-hybridized carbons (Fsp3) is 0.389. The second kappa shape index (κ2) is 15.6. The van der Waals surface area contributed by atoms with Gasteiger partial charge < -0.3 is 30.0 Å². The molecule has 4 rings (SSSR count). The van der Waals surface area contributed by atoms with Crippen molar-refractivity contribution in [2.24, 2.45) is 0 Å². The minimum atomic E-state index is -0.939. The van der Waals surface area contributed by atoms with E-state index in [1.165, 1.54) is 0 Å². The molecule has 0 saturated carbocycles. The van der Waals surface area contributed by atoms with Crippen LogP contribution >= 0.6 is 0 Å². The van der Waals surface area contributed by atoms with Gasteiger partial charge in [-0.05, 0) is 68.0 Å². The Hall–Kier alpha value is -4.34. The molecule has 0 spiro atoms. The van der Waals surface area contributed by atoms with Crippen molar-refractivity contribution in [3.8, 4) is 5.75 Å². The average molecular weight is 616 g/mol. The van der Waals surface area contributed by atoms with Gasteiger partial charge in [-0.2, -0.15) is 0 Å². The molecule has 0 aromatic heterocycles. The Morgan fingerprint density at radius 1 is 1.02 bits per heavy atom. The van der Waals surface area contributed by atoms with E-state index in [4.69, 9.17) is 14.2 Å². The summed E-state index contributed by atoms with van der Waals surface area (Å²) in [7, 11) is 1.61. The van der Waals surface area contributed by atoms with Gasteiger partial charge >= 0.3 is 12.2 Å². The quantitative estimate of drug-likeness (QED) is 0.200. The van der Waals surface area contributed by atoms with Crippen LogP contribution in [0.1, 0.15) is 61.5 Å². The number of ether oxygens (including phenoxy) is 3.